The number of benzene rings is 1. The molecule has 0 unspecified atom stereocenters. The van der Waals surface area contributed by atoms with E-state index in [4.69, 9.17) is 4.74 Å². The number of imidazole rings is 1. The van der Waals surface area contributed by atoms with Gasteiger partial charge in [-0.15, -0.1) is 0 Å². The highest BCUT2D eigenvalue weighted by Crippen LogP contribution is 2.24. The van der Waals surface area contributed by atoms with E-state index in [9.17, 15) is 0 Å². The van der Waals surface area contributed by atoms with Crippen molar-refractivity contribution in [3.63, 3.8) is 0 Å². The van der Waals surface area contributed by atoms with Crippen LogP contribution < -0.4 is 5.32 Å². The fourth-order valence-corrected chi connectivity index (χ4v) is 3.06. The molecular formula is C17H23N3O. The first kappa shape index (κ1) is 14.1. The average Bonchev–Trinajstić information content (AvgIpc) is 2.97. The maximum atomic E-state index is 5.30. The zero-order valence-electron chi connectivity index (χ0n) is 12.6. The predicted octanol–water partition coefficient (Wildman–Crippen LogP) is 3.76. The molecule has 21 heavy (non-hydrogen) atoms. The summed E-state index contributed by atoms with van der Waals surface area (Å²) in [6, 6.07) is 8.86. The first-order chi connectivity index (χ1) is 10.4. The minimum Gasteiger partial charge on any atom is -0.380 e. The van der Waals surface area contributed by atoms with Crippen molar-refractivity contribution in [2.75, 3.05) is 12.4 Å². The Morgan fingerprint density at radius 3 is 2.86 bits per heavy atom. The molecule has 0 spiro atoms. The highest BCUT2D eigenvalue weighted by atomic mass is 16.5. The van der Waals surface area contributed by atoms with E-state index in [1.165, 1.54) is 37.7 Å². The van der Waals surface area contributed by atoms with Gasteiger partial charge in [-0.1, -0.05) is 37.5 Å². The number of nitrogens with zero attached hydrogens (tertiary/aromatic N) is 2. The second-order valence-corrected chi connectivity index (χ2v) is 5.66. The molecule has 0 atom stereocenters. The summed E-state index contributed by atoms with van der Waals surface area (Å²) in [5.41, 5.74) is 2.31. The number of ether oxygens (including phenoxy) is 1. The van der Waals surface area contributed by atoms with E-state index in [0.29, 0.717) is 12.6 Å². The molecule has 1 aliphatic carbocycles. The van der Waals surface area contributed by atoms with Gasteiger partial charge in [-0.25, -0.2) is 4.98 Å². The molecule has 1 aliphatic rings. The summed E-state index contributed by atoms with van der Waals surface area (Å²) in [7, 11) is 1.73. The first-order valence-corrected chi connectivity index (χ1v) is 7.75. The quantitative estimate of drug-likeness (QED) is 0.909. The lowest BCUT2D eigenvalue weighted by Gasteiger charge is -2.24. The van der Waals surface area contributed by atoms with Gasteiger partial charge < -0.3 is 10.1 Å². The molecule has 0 radical (unpaired) electrons. The van der Waals surface area contributed by atoms with Gasteiger partial charge in [0.05, 0.1) is 12.3 Å². The van der Waals surface area contributed by atoms with Crippen LogP contribution in [0.5, 0.6) is 0 Å². The average molecular weight is 285 g/mol. The van der Waals surface area contributed by atoms with Crippen molar-refractivity contribution in [1.29, 1.82) is 0 Å². The Kier molecular flexibility index (Phi) is 4.55. The summed E-state index contributed by atoms with van der Waals surface area (Å²) in [6.45, 7) is 0.608. The van der Waals surface area contributed by atoms with Gasteiger partial charge in [-0.2, -0.15) is 0 Å². The molecule has 1 aromatic heterocycles. The summed E-state index contributed by atoms with van der Waals surface area (Å²) in [5.74, 6) is 0.936. The summed E-state index contributed by atoms with van der Waals surface area (Å²) < 4.78 is 7.43. The van der Waals surface area contributed by atoms with E-state index in [1.54, 1.807) is 7.11 Å². The maximum Gasteiger partial charge on any atom is 0.207 e. The van der Waals surface area contributed by atoms with Gasteiger partial charge in [0.25, 0.3) is 0 Å². The Bertz CT molecular complexity index is 573. The minimum atomic E-state index is 0.550. The second-order valence-electron chi connectivity index (χ2n) is 5.66. The SMILES string of the molecule is COCc1ccccc1-n1ccnc1NC1CCCCC1. The normalized spacial score (nSPS) is 16.0. The molecular weight excluding hydrogens is 262 g/mol. The van der Waals surface area contributed by atoms with E-state index in [2.05, 4.69) is 33.1 Å². The van der Waals surface area contributed by atoms with Crippen molar-refractivity contribution in [1.82, 2.24) is 9.55 Å². The van der Waals surface area contributed by atoms with Gasteiger partial charge in [0.1, 0.15) is 0 Å². The molecule has 0 bridgehead atoms. The topological polar surface area (TPSA) is 39.1 Å². The number of aromatic nitrogens is 2. The van der Waals surface area contributed by atoms with E-state index in [1.807, 2.05) is 18.5 Å². The number of nitrogens with one attached hydrogen (secondary N) is 1. The molecule has 4 nitrogen and oxygen atoms in total. The molecule has 1 N–H and O–H groups in total. The monoisotopic (exact) mass is 285 g/mol. The number of para-hydroxylation sites is 1. The molecule has 1 saturated carbocycles. The Morgan fingerprint density at radius 1 is 1.24 bits per heavy atom. The Labute approximate surface area is 126 Å². The predicted molar refractivity (Wildman–Crippen MR) is 84.8 cm³/mol. The summed E-state index contributed by atoms with van der Waals surface area (Å²) >= 11 is 0. The van der Waals surface area contributed by atoms with Crippen molar-refractivity contribution < 1.29 is 4.74 Å². The molecule has 0 amide bonds. The van der Waals surface area contributed by atoms with Crippen molar-refractivity contribution >= 4 is 5.95 Å². The van der Waals surface area contributed by atoms with Crippen molar-refractivity contribution in [2.24, 2.45) is 0 Å². The van der Waals surface area contributed by atoms with Crippen LogP contribution in [0.2, 0.25) is 0 Å². The number of methoxy groups -OCH3 is 1. The Balaban J connectivity index is 1.84. The lowest BCUT2D eigenvalue weighted by atomic mass is 9.96. The van der Waals surface area contributed by atoms with E-state index in [-0.39, 0.29) is 0 Å². The molecule has 112 valence electrons. The van der Waals surface area contributed by atoms with Crippen LogP contribution in [0.15, 0.2) is 36.7 Å². The zero-order valence-corrected chi connectivity index (χ0v) is 12.6. The fraction of sp³-hybridized carbons (Fsp3) is 0.471. The lowest BCUT2D eigenvalue weighted by Crippen LogP contribution is -2.24. The van der Waals surface area contributed by atoms with Crippen LogP contribution in [0, 0.1) is 0 Å². The van der Waals surface area contributed by atoms with Crippen LogP contribution in [0.25, 0.3) is 5.69 Å². The van der Waals surface area contributed by atoms with Crippen LogP contribution in [0.3, 0.4) is 0 Å². The van der Waals surface area contributed by atoms with Crippen molar-refractivity contribution in [3.8, 4) is 5.69 Å². The van der Waals surface area contributed by atoms with E-state index in [0.717, 1.165) is 11.6 Å². The third kappa shape index (κ3) is 3.27. The van der Waals surface area contributed by atoms with Crippen LogP contribution >= 0.6 is 0 Å². The zero-order chi connectivity index (χ0) is 14.5. The number of hydrogen-bond acceptors (Lipinski definition) is 3. The Morgan fingerprint density at radius 2 is 2.05 bits per heavy atom. The van der Waals surface area contributed by atoms with Crippen molar-refractivity contribution in [3.05, 3.63) is 42.2 Å². The van der Waals surface area contributed by atoms with Gasteiger partial charge >= 0.3 is 0 Å². The minimum absolute atomic E-state index is 0.550. The number of anilines is 1. The molecule has 3 rings (SSSR count). The number of hydrogen-bond donors (Lipinski definition) is 1. The van der Waals surface area contributed by atoms with Gasteiger partial charge in [0.15, 0.2) is 0 Å². The van der Waals surface area contributed by atoms with Crippen LogP contribution in [0.1, 0.15) is 37.7 Å². The molecule has 4 heteroatoms. The van der Waals surface area contributed by atoms with Crippen LogP contribution in [-0.4, -0.2) is 22.7 Å². The van der Waals surface area contributed by atoms with Gasteiger partial charge in [0, 0.05) is 31.1 Å². The summed E-state index contributed by atoms with van der Waals surface area (Å²) in [6.07, 6.45) is 10.4. The van der Waals surface area contributed by atoms with E-state index < -0.39 is 0 Å². The smallest absolute Gasteiger partial charge is 0.207 e. The second kappa shape index (κ2) is 6.76. The van der Waals surface area contributed by atoms with Gasteiger partial charge in [-0.05, 0) is 18.9 Å². The Hall–Kier alpha value is -1.81. The van der Waals surface area contributed by atoms with Crippen molar-refractivity contribution in [2.45, 2.75) is 44.8 Å². The molecule has 2 aromatic rings. The first-order valence-electron chi connectivity index (χ1n) is 7.75. The fourth-order valence-electron chi connectivity index (χ4n) is 3.06. The standard InChI is InChI=1S/C17H23N3O/c1-21-13-14-7-5-6-10-16(14)20-12-11-18-17(20)19-15-8-3-2-4-9-15/h5-7,10-12,15H,2-4,8-9,13H2,1H3,(H,18,19). The third-order valence-electron chi connectivity index (χ3n) is 4.13. The van der Waals surface area contributed by atoms with Crippen LogP contribution in [-0.2, 0) is 11.3 Å². The molecule has 0 aliphatic heterocycles. The molecule has 1 heterocycles. The van der Waals surface area contributed by atoms with Gasteiger partial charge in [0.2, 0.25) is 5.95 Å². The van der Waals surface area contributed by atoms with Gasteiger partial charge in [-0.3, -0.25) is 4.57 Å². The molecule has 0 saturated heterocycles. The highest BCUT2D eigenvalue weighted by Gasteiger charge is 2.16. The highest BCUT2D eigenvalue weighted by molar-refractivity contribution is 5.47. The van der Waals surface area contributed by atoms with Crippen LogP contribution in [0.4, 0.5) is 5.95 Å². The largest absolute Gasteiger partial charge is 0.380 e. The molecule has 1 aromatic carbocycles. The molecule has 1 fully saturated rings. The number of rotatable bonds is 5. The maximum absolute atomic E-state index is 5.30. The third-order valence-corrected chi connectivity index (χ3v) is 4.13. The lowest BCUT2D eigenvalue weighted by molar-refractivity contribution is 0.185. The summed E-state index contributed by atoms with van der Waals surface area (Å²) in [4.78, 5) is 4.50. The summed E-state index contributed by atoms with van der Waals surface area (Å²) in [5, 5.41) is 3.61. The van der Waals surface area contributed by atoms with E-state index >= 15 is 0 Å².